The molecular weight excluding hydrogens is 308 g/mol. The molecule has 1 aromatic carbocycles. The third-order valence-electron chi connectivity index (χ3n) is 3.85. The van der Waals surface area contributed by atoms with Gasteiger partial charge in [0.25, 0.3) is 0 Å². The molecule has 1 heterocycles. The first-order valence-corrected chi connectivity index (χ1v) is 9.65. The van der Waals surface area contributed by atoms with E-state index in [1.165, 1.54) is 12.7 Å². The van der Waals surface area contributed by atoms with Crippen molar-refractivity contribution in [1.82, 2.24) is 4.90 Å². The van der Waals surface area contributed by atoms with Crippen molar-refractivity contribution in [2.24, 2.45) is 0 Å². The van der Waals surface area contributed by atoms with Crippen LogP contribution < -0.4 is 5.32 Å². The molecule has 1 fully saturated rings. The number of nitrogens with zero attached hydrogens (tertiary/aromatic N) is 1. The normalized spacial score (nSPS) is 17.9. The molecule has 1 saturated heterocycles. The molecule has 6 heteroatoms. The van der Waals surface area contributed by atoms with Gasteiger partial charge in [-0.3, -0.25) is 0 Å². The zero-order chi connectivity index (χ0) is 15.5. The highest BCUT2D eigenvalue weighted by molar-refractivity contribution is 7.90. The topological polar surface area (TPSA) is 49.4 Å². The maximum absolute atomic E-state index is 11.6. The molecule has 0 radical (unpaired) electrons. The highest BCUT2D eigenvalue weighted by Crippen LogP contribution is 2.27. The van der Waals surface area contributed by atoms with Gasteiger partial charge in [0.05, 0.1) is 15.6 Å². The number of hydrogen-bond acceptors (Lipinski definition) is 4. The van der Waals surface area contributed by atoms with Crippen molar-refractivity contribution >= 4 is 27.1 Å². The summed E-state index contributed by atoms with van der Waals surface area (Å²) in [4.78, 5) is 2.77. The van der Waals surface area contributed by atoms with Gasteiger partial charge in [0.1, 0.15) is 0 Å². The van der Waals surface area contributed by atoms with Crippen LogP contribution in [0.2, 0.25) is 5.02 Å². The molecule has 4 nitrogen and oxygen atoms in total. The fourth-order valence-corrected chi connectivity index (χ4v) is 3.50. The van der Waals surface area contributed by atoms with E-state index in [-0.39, 0.29) is 0 Å². The Morgan fingerprint density at radius 3 is 2.57 bits per heavy atom. The summed E-state index contributed by atoms with van der Waals surface area (Å²) in [6.45, 7) is 5.50. The van der Waals surface area contributed by atoms with Crippen molar-refractivity contribution in [1.29, 1.82) is 0 Å². The molecule has 0 aromatic heterocycles. The summed E-state index contributed by atoms with van der Waals surface area (Å²) in [5, 5.41) is 3.97. The Labute approximate surface area is 132 Å². The molecule has 21 heavy (non-hydrogen) atoms. The minimum Gasteiger partial charge on any atom is -0.381 e. The zero-order valence-corrected chi connectivity index (χ0v) is 14.2. The lowest BCUT2D eigenvalue weighted by atomic mass is 10.0. The highest BCUT2D eigenvalue weighted by Gasteiger charge is 2.19. The van der Waals surface area contributed by atoms with E-state index in [0.717, 1.165) is 32.5 Å². The van der Waals surface area contributed by atoms with Crippen LogP contribution in [0.15, 0.2) is 23.1 Å². The molecule has 1 N–H and O–H groups in total. The maximum Gasteiger partial charge on any atom is 0.175 e. The average molecular weight is 331 g/mol. The summed E-state index contributed by atoms with van der Waals surface area (Å²) in [7, 11) is -3.21. The minimum absolute atomic E-state index is 0.304. The van der Waals surface area contributed by atoms with E-state index >= 15 is 0 Å². The Kier molecular flexibility index (Phi) is 5.52. The summed E-state index contributed by atoms with van der Waals surface area (Å²) in [6, 6.07) is 5.18. The van der Waals surface area contributed by atoms with Crippen LogP contribution in [0.25, 0.3) is 0 Å². The SMILES string of the molecule is CCCN1CCC(Nc2cc(S(C)(=O)=O)ccc2Cl)CC1. The molecule has 1 aromatic rings. The van der Waals surface area contributed by atoms with Crippen LogP contribution >= 0.6 is 11.6 Å². The zero-order valence-electron chi connectivity index (χ0n) is 12.6. The van der Waals surface area contributed by atoms with E-state index < -0.39 is 9.84 Å². The van der Waals surface area contributed by atoms with E-state index in [1.807, 2.05) is 0 Å². The molecule has 0 atom stereocenters. The second-order valence-corrected chi connectivity index (χ2v) is 8.10. The standard InChI is InChI=1S/C15H23ClN2O2S/c1-3-8-18-9-6-12(7-10-18)17-15-11-13(21(2,19)20)4-5-14(15)16/h4-5,11-12,17H,3,6-10H2,1-2H3. The van der Waals surface area contributed by atoms with Crippen molar-refractivity contribution in [3.05, 3.63) is 23.2 Å². The number of piperidine rings is 1. The lowest BCUT2D eigenvalue weighted by molar-refractivity contribution is 0.219. The van der Waals surface area contributed by atoms with Gasteiger partial charge in [-0.05, 0) is 44.0 Å². The fourth-order valence-electron chi connectivity index (χ4n) is 2.68. The van der Waals surface area contributed by atoms with Crippen molar-refractivity contribution in [3.8, 4) is 0 Å². The molecule has 118 valence electrons. The summed E-state index contributed by atoms with van der Waals surface area (Å²) in [6.07, 6.45) is 4.50. The second kappa shape index (κ2) is 6.99. The highest BCUT2D eigenvalue weighted by atomic mass is 35.5. The molecule has 0 amide bonds. The number of anilines is 1. The quantitative estimate of drug-likeness (QED) is 0.901. The number of rotatable bonds is 5. The average Bonchev–Trinajstić information content (AvgIpc) is 2.42. The first-order valence-electron chi connectivity index (χ1n) is 7.38. The van der Waals surface area contributed by atoms with Crippen molar-refractivity contribution in [3.63, 3.8) is 0 Å². The molecule has 0 saturated carbocycles. The Bertz CT molecular complexity index is 581. The van der Waals surface area contributed by atoms with Gasteiger partial charge in [-0.15, -0.1) is 0 Å². The van der Waals surface area contributed by atoms with Crippen LogP contribution in [0.4, 0.5) is 5.69 Å². The Morgan fingerprint density at radius 1 is 1.33 bits per heavy atom. The first-order chi connectivity index (χ1) is 9.90. The van der Waals surface area contributed by atoms with Crippen LogP contribution in [0.5, 0.6) is 0 Å². The second-order valence-electron chi connectivity index (χ2n) is 5.67. The molecule has 2 rings (SSSR count). The molecule has 1 aliphatic heterocycles. The summed E-state index contributed by atoms with van der Waals surface area (Å²) in [5.41, 5.74) is 0.716. The van der Waals surface area contributed by atoms with Crippen LogP contribution in [-0.4, -0.2) is 45.2 Å². The Hall–Kier alpha value is -0.780. The van der Waals surface area contributed by atoms with Gasteiger partial charge in [0.15, 0.2) is 9.84 Å². The molecule has 0 bridgehead atoms. The van der Waals surface area contributed by atoms with Gasteiger partial charge in [-0.1, -0.05) is 18.5 Å². The van der Waals surface area contributed by atoms with Crippen LogP contribution in [0.3, 0.4) is 0 Å². The van der Waals surface area contributed by atoms with Gasteiger partial charge >= 0.3 is 0 Å². The number of sulfone groups is 1. The number of benzene rings is 1. The van der Waals surface area contributed by atoms with Crippen molar-refractivity contribution in [2.45, 2.75) is 37.1 Å². The Balaban J connectivity index is 2.03. The molecule has 0 spiro atoms. The minimum atomic E-state index is -3.21. The lowest BCUT2D eigenvalue weighted by Gasteiger charge is -2.32. The number of halogens is 1. The van der Waals surface area contributed by atoms with Crippen molar-refractivity contribution < 1.29 is 8.42 Å². The molecule has 1 aliphatic rings. The number of likely N-dealkylation sites (tertiary alicyclic amines) is 1. The molecule has 0 aliphatic carbocycles. The smallest absolute Gasteiger partial charge is 0.175 e. The summed E-state index contributed by atoms with van der Waals surface area (Å²) in [5.74, 6) is 0. The molecular formula is C15H23ClN2O2S. The third kappa shape index (κ3) is 4.59. The van der Waals surface area contributed by atoms with Crippen LogP contribution in [0.1, 0.15) is 26.2 Å². The summed E-state index contributed by atoms with van der Waals surface area (Å²) >= 11 is 6.18. The predicted octanol–water partition coefficient (Wildman–Crippen LogP) is 3.03. The van der Waals surface area contributed by atoms with Gasteiger partial charge in [-0.2, -0.15) is 0 Å². The fraction of sp³-hybridized carbons (Fsp3) is 0.600. The van der Waals surface area contributed by atoms with E-state index in [1.54, 1.807) is 18.2 Å². The Morgan fingerprint density at radius 2 is 2.00 bits per heavy atom. The van der Waals surface area contributed by atoms with E-state index in [2.05, 4.69) is 17.1 Å². The van der Waals surface area contributed by atoms with Gasteiger partial charge in [-0.25, -0.2) is 8.42 Å². The third-order valence-corrected chi connectivity index (χ3v) is 5.29. The van der Waals surface area contributed by atoms with E-state index in [0.29, 0.717) is 21.6 Å². The number of nitrogens with one attached hydrogen (secondary N) is 1. The lowest BCUT2D eigenvalue weighted by Crippen LogP contribution is -2.39. The van der Waals surface area contributed by atoms with Gasteiger partial charge in [0, 0.05) is 25.4 Å². The van der Waals surface area contributed by atoms with E-state index in [9.17, 15) is 8.42 Å². The molecule has 0 unspecified atom stereocenters. The number of hydrogen-bond donors (Lipinski definition) is 1. The van der Waals surface area contributed by atoms with E-state index in [4.69, 9.17) is 11.6 Å². The largest absolute Gasteiger partial charge is 0.381 e. The van der Waals surface area contributed by atoms with Gasteiger partial charge in [0.2, 0.25) is 0 Å². The predicted molar refractivity (Wildman–Crippen MR) is 87.9 cm³/mol. The first kappa shape index (κ1) is 16.6. The maximum atomic E-state index is 11.6. The monoisotopic (exact) mass is 330 g/mol. The van der Waals surface area contributed by atoms with Gasteiger partial charge < -0.3 is 10.2 Å². The van der Waals surface area contributed by atoms with Crippen LogP contribution in [0, 0.1) is 0 Å². The van der Waals surface area contributed by atoms with Crippen molar-refractivity contribution in [2.75, 3.05) is 31.2 Å². The summed E-state index contributed by atoms with van der Waals surface area (Å²) < 4.78 is 23.3. The van der Waals surface area contributed by atoms with Crippen LogP contribution in [-0.2, 0) is 9.84 Å².